The standard InChI is InChI=1S/C12H21NO/c1-10(6-5-9-13)12(14)11-7-3-2-4-8-11/h7,10H,2-6,8-9,13H2,1H3. The zero-order valence-electron chi connectivity index (χ0n) is 9.09. The Hall–Kier alpha value is -0.630. The van der Waals surface area contributed by atoms with E-state index in [1.54, 1.807) is 0 Å². The van der Waals surface area contributed by atoms with Crippen molar-refractivity contribution in [2.24, 2.45) is 11.7 Å². The van der Waals surface area contributed by atoms with Crippen molar-refractivity contribution in [2.45, 2.75) is 45.4 Å². The molecule has 0 saturated carbocycles. The largest absolute Gasteiger partial charge is 0.330 e. The van der Waals surface area contributed by atoms with Crippen LogP contribution in [0.15, 0.2) is 11.6 Å². The van der Waals surface area contributed by atoms with Gasteiger partial charge in [0.2, 0.25) is 0 Å². The van der Waals surface area contributed by atoms with Gasteiger partial charge in [0.1, 0.15) is 0 Å². The van der Waals surface area contributed by atoms with E-state index in [0.29, 0.717) is 12.3 Å². The highest BCUT2D eigenvalue weighted by molar-refractivity contribution is 5.96. The number of ketones is 1. The topological polar surface area (TPSA) is 43.1 Å². The third-order valence-corrected chi connectivity index (χ3v) is 2.90. The smallest absolute Gasteiger partial charge is 0.161 e. The van der Waals surface area contributed by atoms with Gasteiger partial charge >= 0.3 is 0 Å². The molecule has 1 unspecified atom stereocenters. The second kappa shape index (κ2) is 5.97. The number of nitrogens with two attached hydrogens (primary N) is 1. The molecule has 0 radical (unpaired) electrons. The summed E-state index contributed by atoms with van der Waals surface area (Å²) in [6, 6.07) is 0. The maximum atomic E-state index is 11.9. The van der Waals surface area contributed by atoms with Gasteiger partial charge in [-0.15, -0.1) is 0 Å². The number of allylic oxidation sites excluding steroid dienone is 2. The lowest BCUT2D eigenvalue weighted by atomic mass is 9.89. The molecule has 14 heavy (non-hydrogen) atoms. The number of hydrogen-bond acceptors (Lipinski definition) is 2. The first-order valence-corrected chi connectivity index (χ1v) is 5.69. The predicted octanol–water partition coefficient (Wildman–Crippen LogP) is 2.43. The molecule has 80 valence electrons. The Balaban J connectivity index is 2.42. The van der Waals surface area contributed by atoms with Crippen LogP contribution in [-0.2, 0) is 4.79 Å². The summed E-state index contributed by atoms with van der Waals surface area (Å²) in [6.45, 7) is 2.71. The van der Waals surface area contributed by atoms with Crippen LogP contribution in [-0.4, -0.2) is 12.3 Å². The van der Waals surface area contributed by atoms with Crippen molar-refractivity contribution in [1.82, 2.24) is 0 Å². The van der Waals surface area contributed by atoms with Gasteiger partial charge in [0, 0.05) is 5.92 Å². The minimum absolute atomic E-state index is 0.169. The average molecular weight is 195 g/mol. The molecular weight excluding hydrogens is 174 g/mol. The first kappa shape index (κ1) is 11.4. The molecule has 0 fully saturated rings. The van der Waals surface area contributed by atoms with Crippen molar-refractivity contribution in [3.05, 3.63) is 11.6 Å². The summed E-state index contributed by atoms with van der Waals surface area (Å²) in [5.74, 6) is 0.529. The Kier molecular flexibility index (Phi) is 4.88. The summed E-state index contributed by atoms with van der Waals surface area (Å²) < 4.78 is 0. The summed E-state index contributed by atoms with van der Waals surface area (Å²) >= 11 is 0. The quantitative estimate of drug-likeness (QED) is 0.732. The molecule has 0 aromatic heterocycles. The van der Waals surface area contributed by atoms with Crippen LogP contribution in [0.25, 0.3) is 0 Å². The van der Waals surface area contributed by atoms with Gasteiger partial charge in [-0.1, -0.05) is 13.0 Å². The third kappa shape index (κ3) is 3.26. The Morgan fingerprint density at radius 3 is 2.93 bits per heavy atom. The molecule has 0 saturated heterocycles. The highest BCUT2D eigenvalue weighted by Crippen LogP contribution is 2.22. The van der Waals surface area contributed by atoms with E-state index < -0.39 is 0 Å². The fraction of sp³-hybridized carbons (Fsp3) is 0.750. The van der Waals surface area contributed by atoms with Crippen LogP contribution in [0.3, 0.4) is 0 Å². The van der Waals surface area contributed by atoms with E-state index in [1.807, 2.05) is 6.92 Å². The molecule has 2 N–H and O–H groups in total. The molecule has 1 rings (SSSR count). The van der Waals surface area contributed by atoms with E-state index in [2.05, 4.69) is 6.08 Å². The molecule has 1 atom stereocenters. The molecule has 2 heteroatoms. The Labute approximate surface area is 86.6 Å². The van der Waals surface area contributed by atoms with Crippen molar-refractivity contribution < 1.29 is 4.79 Å². The normalized spacial score (nSPS) is 18.9. The number of Topliss-reactive ketones (excluding diaryl/α,β-unsaturated/α-hetero) is 1. The molecule has 1 aliphatic carbocycles. The predicted molar refractivity (Wildman–Crippen MR) is 59.0 cm³/mol. The summed E-state index contributed by atoms with van der Waals surface area (Å²) in [5, 5.41) is 0. The first-order valence-electron chi connectivity index (χ1n) is 5.69. The molecule has 0 aromatic rings. The van der Waals surface area contributed by atoms with Gasteiger partial charge in [-0.2, -0.15) is 0 Å². The number of carbonyl (C=O) groups is 1. The SMILES string of the molecule is CC(CCCN)C(=O)C1=CCCCC1. The van der Waals surface area contributed by atoms with Crippen LogP contribution < -0.4 is 5.73 Å². The lowest BCUT2D eigenvalue weighted by Crippen LogP contribution is -2.16. The molecule has 0 aromatic carbocycles. The molecule has 0 amide bonds. The number of rotatable bonds is 5. The van der Waals surface area contributed by atoms with Gasteiger partial charge in [0.05, 0.1) is 0 Å². The fourth-order valence-electron chi connectivity index (χ4n) is 1.93. The maximum Gasteiger partial charge on any atom is 0.161 e. The maximum absolute atomic E-state index is 11.9. The molecule has 0 aliphatic heterocycles. The zero-order valence-corrected chi connectivity index (χ0v) is 9.09. The molecule has 0 bridgehead atoms. The Morgan fingerprint density at radius 2 is 2.36 bits per heavy atom. The minimum atomic E-state index is 0.169. The highest BCUT2D eigenvalue weighted by Gasteiger charge is 2.18. The second-order valence-corrected chi connectivity index (χ2v) is 4.17. The second-order valence-electron chi connectivity index (χ2n) is 4.17. The van der Waals surface area contributed by atoms with Gasteiger partial charge in [0.25, 0.3) is 0 Å². The molecule has 0 heterocycles. The summed E-state index contributed by atoms with van der Waals surface area (Å²) in [4.78, 5) is 11.9. The van der Waals surface area contributed by atoms with Gasteiger partial charge in [0.15, 0.2) is 5.78 Å². The van der Waals surface area contributed by atoms with E-state index in [9.17, 15) is 4.79 Å². The fourth-order valence-corrected chi connectivity index (χ4v) is 1.93. The van der Waals surface area contributed by atoms with Crippen LogP contribution in [0.4, 0.5) is 0 Å². The van der Waals surface area contributed by atoms with Gasteiger partial charge in [-0.05, 0) is 50.6 Å². The van der Waals surface area contributed by atoms with Crippen LogP contribution in [0, 0.1) is 5.92 Å². The van der Waals surface area contributed by atoms with Crippen LogP contribution in [0.5, 0.6) is 0 Å². The zero-order chi connectivity index (χ0) is 10.4. The van der Waals surface area contributed by atoms with Gasteiger partial charge in [-0.25, -0.2) is 0 Å². The minimum Gasteiger partial charge on any atom is -0.330 e. The van der Waals surface area contributed by atoms with Crippen LogP contribution >= 0.6 is 0 Å². The van der Waals surface area contributed by atoms with E-state index in [0.717, 1.165) is 31.3 Å². The van der Waals surface area contributed by atoms with Crippen molar-refractivity contribution in [1.29, 1.82) is 0 Å². The summed E-state index contributed by atoms with van der Waals surface area (Å²) in [5.41, 5.74) is 6.50. The summed E-state index contributed by atoms with van der Waals surface area (Å²) in [6.07, 6.45) is 8.53. The first-order chi connectivity index (χ1) is 6.75. The van der Waals surface area contributed by atoms with Gasteiger partial charge in [-0.3, -0.25) is 4.79 Å². The molecule has 1 aliphatic rings. The third-order valence-electron chi connectivity index (χ3n) is 2.90. The number of carbonyl (C=O) groups excluding carboxylic acids is 1. The van der Waals surface area contributed by atoms with E-state index >= 15 is 0 Å². The molecular formula is C12H21NO. The highest BCUT2D eigenvalue weighted by atomic mass is 16.1. The van der Waals surface area contributed by atoms with Crippen molar-refractivity contribution in [3.63, 3.8) is 0 Å². The summed E-state index contributed by atoms with van der Waals surface area (Å²) in [7, 11) is 0. The molecule has 2 nitrogen and oxygen atoms in total. The Bertz CT molecular complexity index is 220. The lowest BCUT2D eigenvalue weighted by molar-refractivity contribution is -0.119. The van der Waals surface area contributed by atoms with Crippen molar-refractivity contribution in [2.75, 3.05) is 6.54 Å². The van der Waals surface area contributed by atoms with Crippen molar-refractivity contribution >= 4 is 5.78 Å². The van der Waals surface area contributed by atoms with Crippen LogP contribution in [0.2, 0.25) is 0 Å². The molecule has 0 spiro atoms. The monoisotopic (exact) mass is 195 g/mol. The van der Waals surface area contributed by atoms with Gasteiger partial charge < -0.3 is 5.73 Å². The average Bonchev–Trinajstić information content (AvgIpc) is 2.26. The van der Waals surface area contributed by atoms with Crippen LogP contribution in [0.1, 0.15) is 45.4 Å². The Morgan fingerprint density at radius 1 is 1.57 bits per heavy atom. The van der Waals surface area contributed by atoms with E-state index in [-0.39, 0.29) is 5.92 Å². The van der Waals surface area contributed by atoms with Crippen molar-refractivity contribution in [3.8, 4) is 0 Å². The number of hydrogen-bond donors (Lipinski definition) is 1. The van der Waals surface area contributed by atoms with E-state index in [4.69, 9.17) is 5.73 Å². The van der Waals surface area contributed by atoms with E-state index in [1.165, 1.54) is 12.8 Å². The lowest BCUT2D eigenvalue weighted by Gasteiger charge is -2.15.